The Labute approximate surface area is 110 Å². The van der Waals surface area contributed by atoms with Gasteiger partial charge in [0.15, 0.2) is 0 Å². The third-order valence-corrected chi connectivity index (χ3v) is 2.55. The van der Waals surface area contributed by atoms with E-state index in [9.17, 15) is 13.6 Å². The molecule has 1 aromatic rings. The molecular formula is C14H14F2N2O. The van der Waals surface area contributed by atoms with Crippen LogP contribution < -0.4 is 5.32 Å². The van der Waals surface area contributed by atoms with E-state index in [1.807, 2.05) is 6.92 Å². The molecule has 1 atom stereocenters. The fraction of sp³-hybridized carbons (Fsp3) is 0.286. The Kier molecular flexibility index (Phi) is 5.19. The van der Waals surface area contributed by atoms with Gasteiger partial charge in [0.05, 0.1) is 6.07 Å². The molecular weight excluding hydrogens is 250 g/mol. The van der Waals surface area contributed by atoms with Crippen LogP contribution in [0.15, 0.2) is 29.8 Å². The molecule has 0 saturated heterocycles. The van der Waals surface area contributed by atoms with Gasteiger partial charge in [-0.05, 0) is 19.4 Å². The number of amides is 1. The van der Waals surface area contributed by atoms with Crippen molar-refractivity contribution in [1.29, 1.82) is 5.26 Å². The summed E-state index contributed by atoms with van der Waals surface area (Å²) in [4.78, 5) is 11.7. The molecule has 1 aromatic carbocycles. The van der Waals surface area contributed by atoms with Gasteiger partial charge < -0.3 is 5.32 Å². The van der Waals surface area contributed by atoms with Crippen LogP contribution in [0.25, 0.3) is 0 Å². The smallest absolute Gasteiger partial charge is 0.247 e. The largest absolute Gasteiger partial charge is 0.333 e. The summed E-state index contributed by atoms with van der Waals surface area (Å²) in [6.45, 7) is 3.48. The Bertz CT molecular complexity index is 547. The van der Waals surface area contributed by atoms with Crippen molar-refractivity contribution in [1.82, 2.24) is 5.32 Å². The molecule has 1 N–H and O–H groups in total. The van der Waals surface area contributed by atoms with Crippen molar-refractivity contribution in [2.45, 2.75) is 26.3 Å². The number of benzene rings is 1. The predicted octanol–water partition coefficient (Wildman–Crippen LogP) is 3.00. The van der Waals surface area contributed by atoms with Crippen LogP contribution in [0.2, 0.25) is 0 Å². The second-order valence-electron chi connectivity index (χ2n) is 4.00. The zero-order valence-corrected chi connectivity index (χ0v) is 10.7. The number of allylic oxidation sites excluding steroid dienone is 1. The van der Waals surface area contributed by atoms with Gasteiger partial charge in [0.1, 0.15) is 17.7 Å². The van der Waals surface area contributed by atoms with Gasteiger partial charge in [0.25, 0.3) is 0 Å². The number of hydrogen-bond acceptors (Lipinski definition) is 2. The first-order chi connectivity index (χ1) is 8.99. The maximum absolute atomic E-state index is 13.5. The second-order valence-corrected chi connectivity index (χ2v) is 4.00. The lowest BCUT2D eigenvalue weighted by Gasteiger charge is -2.13. The Morgan fingerprint density at radius 1 is 1.53 bits per heavy atom. The quantitative estimate of drug-likeness (QED) is 0.850. The summed E-state index contributed by atoms with van der Waals surface area (Å²) in [5.41, 5.74) is 0.395. The number of nitrogens with one attached hydrogen (secondary N) is 1. The van der Waals surface area contributed by atoms with Crippen molar-refractivity contribution in [2.24, 2.45) is 0 Å². The fourth-order valence-corrected chi connectivity index (χ4v) is 1.56. The van der Waals surface area contributed by atoms with Gasteiger partial charge in [-0.1, -0.05) is 19.1 Å². The molecule has 1 unspecified atom stereocenters. The van der Waals surface area contributed by atoms with Gasteiger partial charge >= 0.3 is 0 Å². The summed E-state index contributed by atoms with van der Waals surface area (Å²) >= 11 is 0. The minimum atomic E-state index is -1.15. The highest BCUT2D eigenvalue weighted by Gasteiger charge is 2.18. The van der Waals surface area contributed by atoms with Crippen molar-refractivity contribution in [3.63, 3.8) is 0 Å². The number of nitriles is 1. The minimum Gasteiger partial charge on any atom is -0.333 e. The van der Waals surface area contributed by atoms with Crippen molar-refractivity contribution in [2.75, 3.05) is 0 Å². The molecule has 19 heavy (non-hydrogen) atoms. The molecule has 3 nitrogen and oxygen atoms in total. The van der Waals surface area contributed by atoms with Crippen molar-refractivity contribution >= 4 is 5.91 Å². The fourth-order valence-electron chi connectivity index (χ4n) is 1.56. The van der Waals surface area contributed by atoms with E-state index in [-0.39, 0.29) is 5.56 Å². The normalized spacial score (nSPS) is 12.7. The standard InChI is InChI=1S/C14H14F2N2O/c1-3-4-9(2)14(19)18-13(8-17)11-6-5-10(15)7-12(11)16/h4-7,13H,3H2,1-2H3,(H,18,19)/b9-4-. The van der Waals surface area contributed by atoms with Crippen LogP contribution in [0.4, 0.5) is 8.78 Å². The zero-order chi connectivity index (χ0) is 14.4. The van der Waals surface area contributed by atoms with E-state index in [1.54, 1.807) is 19.1 Å². The third-order valence-electron chi connectivity index (χ3n) is 2.55. The molecule has 0 radical (unpaired) electrons. The first-order valence-corrected chi connectivity index (χ1v) is 5.81. The zero-order valence-electron chi connectivity index (χ0n) is 10.7. The van der Waals surface area contributed by atoms with Gasteiger partial charge in [-0.25, -0.2) is 8.78 Å². The lowest BCUT2D eigenvalue weighted by atomic mass is 10.1. The highest BCUT2D eigenvalue weighted by atomic mass is 19.1. The summed E-state index contributed by atoms with van der Waals surface area (Å²) in [7, 11) is 0. The number of carbonyl (C=O) groups excluding carboxylic acids is 1. The first-order valence-electron chi connectivity index (χ1n) is 5.81. The van der Waals surface area contributed by atoms with Gasteiger partial charge in [0.2, 0.25) is 5.91 Å². The summed E-state index contributed by atoms with van der Waals surface area (Å²) in [5, 5.41) is 11.4. The number of carbonyl (C=O) groups is 1. The SMILES string of the molecule is CC/C=C(/C)C(=O)NC(C#N)c1ccc(F)cc1F. The number of nitrogens with zero attached hydrogens (tertiary/aromatic N) is 1. The molecule has 0 aromatic heterocycles. The van der Waals surface area contributed by atoms with E-state index in [1.165, 1.54) is 0 Å². The summed E-state index contributed by atoms with van der Waals surface area (Å²) in [5.74, 6) is -2.03. The number of hydrogen-bond donors (Lipinski definition) is 1. The maximum atomic E-state index is 13.5. The first kappa shape index (κ1) is 14.8. The molecule has 0 aliphatic heterocycles. The van der Waals surface area contributed by atoms with Crippen LogP contribution in [0.5, 0.6) is 0 Å². The molecule has 0 heterocycles. The lowest BCUT2D eigenvalue weighted by molar-refractivity contribution is -0.117. The van der Waals surface area contributed by atoms with Gasteiger partial charge in [-0.2, -0.15) is 5.26 Å². The maximum Gasteiger partial charge on any atom is 0.247 e. The molecule has 0 spiro atoms. The second kappa shape index (κ2) is 6.64. The van der Waals surface area contributed by atoms with Crippen LogP contribution in [0, 0.1) is 23.0 Å². The van der Waals surface area contributed by atoms with Crippen molar-refractivity contribution in [3.8, 4) is 6.07 Å². The van der Waals surface area contributed by atoms with Crippen LogP contribution >= 0.6 is 0 Å². The van der Waals surface area contributed by atoms with Gasteiger partial charge in [0, 0.05) is 17.2 Å². The minimum absolute atomic E-state index is 0.0541. The average molecular weight is 264 g/mol. The Morgan fingerprint density at radius 3 is 2.74 bits per heavy atom. The van der Waals surface area contributed by atoms with Crippen LogP contribution in [0.1, 0.15) is 31.9 Å². The predicted molar refractivity (Wildman–Crippen MR) is 66.9 cm³/mol. The van der Waals surface area contributed by atoms with Crippen LogP contribution in [-0.4, -0.2) is 5.91 Å². The molecule has 1 rings (SSSR count). The molecule has 5 heteroatoms. The highest BCUT2D eigenvalue weighted by Crippen LogP contribution is 2.18. The highest BCUT2D eigenvalue weighted by molar-refractivity contribution is 5.93. The third kappa shape index (κ3) is 3.88. The van der Waals surface area contributed by atoms with Crippen LogP contribution in [0.3, 0.4) is 0 Å². The lowest BCUT2D eigenvalue weighted by Crippen LogP contribution is -2.28. The number of halogens is 2. The molecule has 0 bridgehead atoms. The summed E-state index contributed by atoms with van der Waals surface area (Å²) in [6.07, 6.45) is 2.38. The molecule has 100 valence electrons. The monoisotopic (exact) mass is 264 g/mol. The van der Waals surface area contributed by atoms with E-state index in [4.69, 9.17) is 5.26 Å². The Morgan fingerprint density at radius 2 is 2.21 bits per heavy atom. The van der Waals surface area contributed by atoms with Crippen molar-refractivity contribution in [3.05, 3.63) is 47.0 Å². The molecule has 0 aliphatic carbocycles. The molecule has 1 amide bonds. The van der Waals surface area contributed by atoms with Crippen LogP contribution in [-0.2, 0) is 4.79 Å². The Hall–Kier alpha value is -2.22. The summed E-state index contributed by atoms with van der Waals surface area (Å²) in [6, 6.07) is 3.52. The van der Waals surface area contributed by atoms with Crippen molar-refractivity contribution < 1.29 is 13.6 Å². The molecule has 0 fully saturated rings. The Balaban J connectivity index is 2.94. The van der Waals surface area contributed by atoms with E-state index >= 15 is 0 Å². The van der Waals surface area contributed by atoms with E-state index < -0.39 is 23.6 Å². The topological polar surface area (TPSA) is 52.9 Å². The van der Waals surface area contributed by atoms with Gasteiger partial charge in [-0.3, -0.25) is 4.79 Å². The molecule has 0 saturated carbocycles. The van der Waals surface area contributed by atoms with E-state index in [2.05, 4.69) is 5.32 Å². The molecule has 0 aliphatic rings. The number of rotatable bonds is 4. The van der Waals surface area contributed by atoms with E-state index in [0.717, 1.165) is 12.1 Å². The van der Waals surface area contributed by atoms with E-state index in [0.29, 0.717) is 18.1 Å². The average Bonchev–Trinajstić information content (AvgIpc) is 2.36. The van der Waals surface area contributed by atoms with Gasteiger partial charge in [-0.15, -0.1) is 0 Å². The summed E-state index contributed by atoms with van der Waals surface area (Å²) < 4.78 is 26.3.